The highest BCUT2D eigenvalue weighted by Crippen LogP contribution is 2.54. The first kappa shape index (κ1) is 44.1. The minimum atomic E-state index is -0.979. The summed E-state index contributed by atoms with van der Waals surface area (Å²) >= 11 is 3.53. The van der Waals surface area contributed by atoms with Gasteiger partial charge >= 0.3 is 0 Å². The Morgan fingerprint density at radius 3 is 1.80 bits per heavy atom. The zero-order valence-electron chi connectivity index (χ0n) is 37.1. The lowest BCUT2D eigenvalue weighted by Crippen LogP contribution is -2.04. The van der Waals surface area contributed by atoms with Gasteiger partial charge in [-0.1, -0.05) is 141 Å². The van der Waals surface area contributed by atoms with Gasteiger partial charge in [-0.15, -0.1) is 0 Å². The van der Waals surface area contributed by atoms with Gasteiger partial charge in [0, 0.05) is 32.8 Å². The molecule has 0 unspecified atom stereocenters. The highest BCUT2D eigenvalue weighted by Gasteiger charge is 2.29. The van der Waals surface area contributed by atoms with Crippen molar-refractivity contribution in [1.29, 1.82) is 0 Å². The average Bonchev–Trinajstić information content (AvgIpc) is 3.98. The van der Waals surface area contributed by atoms with Crippen molar-refractivity contribution in [2.45, 2.75) is 40.5 Å². The lowest BCUT2D eigenvalue weighted by molar-refractivity contribution is 0.327. The van der Waals surface area contributed by atoms with Crippen molar-refractivity contribution in [2.75, 3.05) is 6.26 Å². The van der Waals surface area contributed by atoms with Crippen LogP contribution in [0.3, 0.4) is 0 Å². The summed E-state index contributed by atoms with van der Waals surface area (Å²) in [6, 6.07) is 40.9. The number of aromatic nitrogens is 2. The highest BCUT2D eigenvalue weighted by atomic mass is 32.1. The number of nitrogens with zero attached hydrogens (tertiary/aromatic N) is 2. The van der Waals surface area contributed by atoms with Gasteiger partial charge in [-0.05, 0) is 108 Å². The molecule has 2 heterocycles. The number of hydrogen-bond donors (Lipinski definition) is 6. The Balaban J connectivity index is 0.000000432. The summed E-state index contributed by atoms with van der Waals surface area (Å²) in [7, 11) is 0. The van der Waals surface area contributed by atoms with Gasteiger partial charge in [0.1, 0.15) is 5.69 Å². The number of phenolic OH excluding ortho intramolecular Hbond substituents is 5. The van der Waals surface area contributed by atoms with Gasteiger partial charge in [0.2, 0.25) is 17.2 Å². The monoisotopic (exact) mass is 876 g/mol. The third-order valence-electron chi connectivity index (χ3n) is 12.0. The van der Waals surface area contributed by atoms with E-state index in [-0.39, 0.29) is 5.69 Å². The second-order valence-corrected chi connectivity index (χ2v) is 15.7. The molecule has 0 aliphatic heterocycles. The van der Waals surface area contributed by atoms with E-state index in [9.17, 15) is 25.5 Å². The fourth-order valence-electron chi connectivity index (χ4n) is 9.27. The van der Waals surface area contributed by atoms with E-state index >= 15 is 0 Å². The molecular formula is C57H52N2O5S. The van der Waals surface area contributed by atoms with Crippen molar-refractivity contribution in [2.24, 2.45) is 0 Å². The van der Waals surface area contributed by atoms with Gasteiger partial charge < -0.3 is 34.7 Å². The molecule has 0 atom stereocenters. The molecule has 0 radical (unpaired) electrons. The summed E-state index contributed by atoms with van der Waals surface area (Å²) in [5, 5.41) is 58.4. The van der Waals surface area contributed by atoms with Crippen molar-refractivity contribution < 1.29 is 25.5 Å². The standard InChI is InChI=1S/C46H30N2O5.C8H12.C2H6.CH4S/c49-42-41(43(50)45(52)46(53)44(42)51)48-36-15-6-4-11-29(36)34-23-25(17-20-39(34)48)24-16-19-38-33(22-24)28-10-3-5-14-35(28)47(38)37-21-18-31-27-9-2-1-8-26(27)30-12-7-13-32(37)40(30)31;1-4-5-6-7-8(2)3;2*1-2/h1-5,7-14,16-23,49-53H,6,15H2;4-7H,2H2,1,3H3;1-2H3;2H,1H3/b;5-4-,7-6-;;. The molecule has 5 N–H and O–H groups in total. The maximum atomic E-state index is 10.9. The van der Waals surface area contributed by atoms with Gasteiger partial charge in [-0.25, -0.2) is 0 Å². The molecule has 65 heavy (non-hydrogen) atoms. The molecule has 0 bridgehead atoms. The van der Waals surface area contributed by atoms with E-state index in [1.807, 2.05) is 70.2 Å². The Morgan fingerprint density at radius 2 is 1.14 bits per heavy atom. The molecule has 2 aromatic heterocycles. The smallest absolute Gasteiger partial charge is 0.208 e. The number of benzene rings is 7. The molecule has 8 heteroatoms. The number of hydrogen-bond acceptors (Lipinski definition) is 6. The summed E-state index contributed by atoms with van der Waals surface area (Å²) in [6.45, 7) is 11.7. The minimum absolute atomic E-state index is 0.187. The highest BCUT2D eigenvalue weighted by molar-refractivity contribution is 7.79. The van der Waals surface area contributed by atoms with Crippen molar-refractivity contribution in [1.82, 2.24) is 9.13 Å². The van der Waals surface area contributed by atoms with E-state index in [0.717, 1.165) is 67.3 Å². The van der Waals surface area contributed by atoms with Crippen LogP contribution < -0.4 is 0 Å². The fourth-order valence-corrected chi connectivity index (χ4v) is 9.27. The van der Waals surface area contributed by atoms with E-state index in [2.05, 4.69) is 133 Å². The molecule has 0 amide bonds. The lowest BCUT2D eigenvalue weighted by atomic mass is 9.98. The van der Waals surface area contributed by atoms with Gasteiger partial charge in [0.05, 0.1) is 22.2 Å². The molecule has 7 aromatic carbocycles. The van der Waals surface area contributed by atoms with Crippen LogP contribution >= 0.6 is 12.6 Å². The van der Waals surface area contributed by atoms with Crippen molar-refractivity contribution in [3.63, 3.8) is 0 Å². The van der Waals surface area contributed by atoms with Crippen LogP contribution in [0.2, 0.25) is 0 Å². The maximum Gasteiger partial charge on any atom is 0.208 e. The molecule has 0 saturated carbocycles. The molecule has 0 fully saturated rings. The Kier molecular flexibility index (Phi) is 12.4. The third-order valence-corrected chi connectivity index (χ3v) is 12.0. The average molecular weight is 877 g/mol. The second-order valence-electron chi connectivity index (χ2n) is 15.7. The number of phenols is 5. The number of aromatic hydroxyl groups is 5. The van der Waals surface area contributed by atoms with Crippen molar-refractivity contribution >= 4 is 62.2 Å². The van der Waals surface area contributed by atoms with Crippen molar-refractivity contribution in [3.8, 4) is 73.5 Å². The quantitative estimate of drug-likeness (QED) is 0.0446. The lowest BCUT2D eigenvalue weighted by Gasteiger charge is -2.18. The summed E-state index contributed by atoms with van der Waals surface area (Å²) in [6.07, 6.45) is 15.1. The number of para-hydroxylation sites is 1. The van der Waals surface area contributed by atoms with Crippen LogP contribution in [0.15, 0.2) is 158 Å². The van der Waals surface area contributed by atoms with Crippen molar-refractivity contribution in [3.05, 3.63) is 169 Å². The van der Waals surface area contributed by atoms with Gasteiger partial charge in [-0.2, -0.15) is 12.6 Å². The summed E-state index contributed by atoms with van der Waals surface area (Å²) in [4.78, 5) is 0. The van der Waals surface area contributed by atoms with E-state index in [1.165, 1.54) is 33.0 Å². The Labute approximate surface area is 384 Å². The first-order valence-corrected chi connectivity index (χ1v) is 22.7. The van der Waals surface area contributed by atoms with Crippen LogP contribution in [-0.4, -0.2) is 40.9 Å². The molecule has 0 spiro atoms. The van der Waals surface area contributed by atoms with Crippen LogP contribution in [0.5, 0.6) is 28.7 Å². The van der Waals surface area contributed by atoms with Crippen LogP contribution in [0, 0.1) is 0 Å². The molecule has 326 valence electrons. The summed E-state index contributed by atoms with van der Waals surface area (Å²) in [5.74, 6) is -4.22. The minimum Gasteiger partial charge on any atom is -0.503 e. The maximum absolute atomic E-state index is 10.9. The predicted octanol–water partition coefficient (Wildman–Crippen LogP) is 14.9. The van der Waals surface area contributed by atoms with Gasteiger partial charge in [0.25, 0.3) is 0 Å². The molecule has 2 aliphatic rings. The van der Waals surface area contributed by atoms with Crippen LogP contribution in [0.4, 0.5) is 0 Å². The topological polar surface area (TPSA) is 111 Å². The third kappa shape index (κ3) is 7.30. The van der Waals surface area contributed by atoms with Crippen LogP contribution in [0.1, 0.15) is 45.4 Å². The number of allylic oxidation sites excluding steroid dienone is 6. The predicted molar refractivity (Wildman–Crippen MR) is 276 cm³/mol. The Morgan fingerprint density at radius 1 is 0.585 bits per heavy atom. The van der Waals surface area contributed by atoms with E-state index in [4.69, 9.17) is 0 Å². The summed E-state index contributed by atoms with van der Waals surface area (Å²) in [5.41, 5.74) is 13.8. The number of thiol groups is 1. The SMILES string of the molecule is C=C(C)/C=C\C=C/C.CC.CS.Oc1c(O)c(O)c(-n2c3c(c4cc(-c5ccc6c(c5)c5ccccc5n6-c5ccc6c7c(cccc57)-c5ccccc5-6)ccc42)C=CCC3)c(O)c1O. The van der Waals surface area contributed by atoms with Gasteiger partial charge in [0.15, 0.2) is 11.5 Å². The first-order chi connectivity index (χ1) is 31.7. The Hall–Kier alpha value is -7.55. The van der Waals surface area contributed by atoms with E-state index in [1.54, 1.807) is 10.8 Å². The molecule has 11 rings (SSSR count). The molecule has 0 saturated heterocycles. The molecule has 9 aromatic rings. The van der Waals surface area contributed by atoms with Crippen LogP contribution in [-0.2, 0) is 6.42 Å². The van der Waals surface area contributed by atoms with E-state index in [0.29, 0.717) is 11.9 Å². The fraction of sp³-hybridized carbons (Fsp3) is 0.123. The zero-order chi connectivity index (χ0) is 46.1. The first-order valence-electron chi connectivity index (χ1n) is 21.8. The normalized spacial score (nSPS) is 12.2. The second kappa shape index (κ2) is 18.3. The molecule has 7 nitrogen and oxygen atoms in total. The van der Waals surface area contributed by atoms with Gasteiger partial charge in [-0.3, -0.25) is 0 Å². The Bertz CT molecular complexity index is 3360. The summed E-state index contributed by atoms with van der Waals surface area (Å²) < 4.78 is 4.04. The number of fused-ring (bicyclic) bond motifs is 9. The largest absolute Gasteiger partial charge is 0.503 e. The zero-order valence-corrected chi connectivity index (χ0v) is 38.0. The van der Waals surface area contributed by atoms with E-state index < -0.39 is 28.7 Å². The molecular weight excluding hydrogens is 825 g/mol. The van der Waals surface area contributed by atoms with Crippen LogP contribution in [0.25, 0.3) is 94.3 Å². The molecule has 2 aliphatic carbocycles. The number of rotatable bonds is 5.